The predicted octanol–water partition coefficient (Wildman–Crippen LogP) is 1.80. The average molecular weight is 202 g/mol. The van der Waals surface area contributed by atoms with Crippen molar-refractivity contribution >= 4 is 11.8 Å². The summed E-state index contributed by atoms with van der Waals surface area (Å²) in [5.74, 6) is 5.63. The van der Waals surface area contributed by atoms with Crippen LogP contribution < -0.4 is 10.9 Å². The molecule has 0 radical (unpaired) electrons. The number of rotatable bonds is 2. The molecule has 0 fully saturated rings. The molecule has 0 unspecified atom stereocenters. The number of anilines is 1. The Morgan fingerprint density at radius 1 is 1.13 bits per heavy atom. The van der Waals surface area contributed by atoms with Crippen molar-refractivity contribution in [2.24, 2.45) is 5.84 Å². The third-order valence-electron chi connectivity index (χ3n) is 1.98. The summed E-state index contributed by atoms with van der Waals surface area (Å²) in [6, 6.07) is 12.1. The number of carbonyl (C=O) groups excluding carboxylic acids is 1. The van der Waals surface area contributed by atoms with E-state index < -0.39 is 0 Å². The fourth-order valence-electron chi connectivity index (χ4n) is 1.23. The quantitative estimate of drug-likeness (QED) is 0.459. The Hall–Kier alpha value is -2.07. The van der Waals surface area contributed by atoms with Gasteiger partial charge in [0.25, 0.3) is 5.91 Å². The van der Waals surface area contributed by atoms with Crippen LogP contribution in [0, 0.1) is 0 Å². The van der Waals surface area contributed by atoms with Gasteiger partial charge in [-0.15, -0.1) is 0 Å². The van der Waals surface area contributed by atoms with E-state index in [4.69, 9.17) is 10.3 Å². The fourth-order valence-corrected chi connectivity index (χ4v) is 1.23. The minimum atomic E-state index is -0.300. The van der Waals surface area contributed by atoms with Crippen LogP contribution in [0.25, 0.3) is 0 Å². The number of nitrogens with two attached hydrogens (primary N) is 1. The Balaban J connectivity index is 2.23. The largest absolute Gasteiger partial charge is 0.447 e. The number of furan rings is 1. The lowest BCUT2D eigenvalue weighted by molar-refractivity contribution is 0.0982. The van der Waals surface area contributed by atoms with Crippen LogP contribution in [0.5, 0.6) is 0 Å². The van der Waals surface area contributed by atoms with Crippen molar-refractivity contribution in [2.75, 3.05) is 5.01 Å². The molecular weight excluding hydrogens is 192 g/mol. The van der Waals surface area contributed by atoms with Crippen LogP contribution in [-0.2, 0) is 0 Å². The van der Waals surface area contributed by atoms with Gasteiger partial charge in [-0.3, -0.25) is 4.79 Å². The summed E-state index contributed by atoms with van der Waals surface area (Å²) in [6.45, 7) is 0. The second kappa shape index (κ2) is 3.98. The maximum atomic E-state index is 11.8. The van der Waals surface area contributed by atoms with Gasteiger partial charge in [0, 0.05) is 11.6 Å². The van der Waals surface area contributed by atoms with Gasteiger partial charge in [0.15, 0.2) is 0 Å². The Labute approximate surface area is 86.9 Å². The SMILES string of the molecule is NN(C(=O)c1ccccc1)c1ccco1. The lowest BCUT2D eigenvalue weighted by Crippen LogP contribution is -2.37. The number of nitrogens with zero attached hydrogens (tertiary/aromatic N) is 1. The van der Waals surface area contributed by atoms with E-state index in [0.29, 0.717) is 11.4 Å². The molecule has 1 amide bonds. The lowest BCUT2D eigenvalue weighted by atomic mass is 10.2. The van der Waals surface area contributed by atoms with Gasteiger partial charge in [-0.05, 0) is 18.2 Å². The van der Waals surface area contributed by atoms with Crippen LogP contribution in [0.2, 0.25) is 0 Å². The maximum absolute atomic E-state index is 11.8. The van der Waals surface area contributed by atoms with E-state index >= 15 is 0 Å². The van der Waals surface area contributed by atoms with Crippen molar-refractivity contribution in [1.29, 1.82) is 0 Å². The topological polar surface area (TPSA) is 59.5 Å². The molecule has 1 aromatic heterocycles. The number of hydrogen-bond acceptors (Lipinski definition) is 3. The first-order chi connectivity index (χ1) is 7.29. The summed E-state index contributed by atoms with van der Waals surface area (Å²) in [7, 11) is 0. The molecule has 0 atom stereocenters. The van der Waals surface area contributed by atoms with Crippen molar-refractivity contribution in [3.05, 3.63) is 54.3 Å². The molecule has 0 saturated carbocycles. The average Bonchev–Trinajstić information content (AvgIpc) is 2.82. The van der Waals surface area contributed by atoms with Gasteiger partial charge >= 0.3 is 0 Å². The first kappa shape index (κ1) is 9.48. The van der Waals surface area contributed by atoms with Crippen molar-refractivity contribution < 1.29 is 9.21 Å². The molecule has 1 heterocycles. The van der Waals surface area contributed by atoms with E-state index in [1.54, 1.807) is 36.4 Å². The highest BCUT2D eigenvalue weighted by molar-refractivity contribution is 6.04. The van der Waals surface area contributed by atoms with E-state index in [-0.39, 0.29) is 5.91 Å². The minimum absolute atomic E-state index is 0.300. The number of benzene rings is 1. The van der Waals surface area contributed by atoms with Gasteiger partial charge in [0.2, 0.25) is 5.88 Å². The monoisotopic (exact) mass is 202 g/mol. The Morgan fingerprint density at radius 2 is 1.87 bits per heavy atom. The smallest absolute Gasteiger partial charge is 0.274 e. The zero-order chi connectivity index (χ0) is 10.7. The normalized spacial score (nSPS) is 9.93. The minimum Gasteiger partial charge on any atom is -0.447 e. The molecule has 0 spiro atoms. The number of carbonyl (C=O) groups is 1. The summed E-state index contributed by atoms with van der Waals surface area (Å²) < 4.78 is 5.02. The molecule has 4 heteroatoms. The van der Waals surface area contributed by atoms with E-state index in [1.807, 2.05) is 6.07 Å². The van der Waals surface area contributed by atoms with Gasteiger partial charge < -0.3 is 4.42 Å². The Kier molecular flexibility index (Phi) is 2.51. The molecule has 2 aromatic rings. The van der Waals surface area contributed by atoms with Crippen LogP contribution in [0.1, 0.15) is 10.4 Å². The molecule has 76 valence electrons. The fraction of sp³-hybridized carbons (Fsp3) is 0. The van der Waals surface area contributed by atoms with Crippen molar-refractivity contribution in [3.8, 4) is 0 Å². The molecule has 2 N–H and O–H groups in total. The molecule has 0 aliphatic heterocycles. The Bertz CT molecular complexity index is 437. The number of hydrogen-bond donors (Lipinski definition) is 1. The lowest BCUT2D eigenvalue weighted by Gasteiger charge is -2.12. The van der Waals surface area contributed by atoms with Crippen LogP contribution in [0.4, 0.5) is 5.88 Å². The molecule has 0 aliphatic carbocycles. The van der Waals surface area contributed by atoms with Crippen LogP contribution in [0.15, 0.2) is 53.1 Å². The Morgan fingerprint density at radius 3 is 2.47 bits per heavy atom. The molecule has 4 nitrogen and oxygen atoms in total. The summed E-state index contributed by atoms with van der Waals surface area (Å²) in [4.78, 5) is 11.8. The first-order valence-electron chi connectivity index (χ1n) is 4.47. The van der Waals surface area contributed by atoms with Gasteiger partial charge in [0.1, 0.15) is 0 Å². The molecule has 0 bridgehead atoms. The van der Waals surface area contributed by atoms with Crippen molar-refractivity contribution in [1.82, 2.24) is 0 Å². The maximum Gasteiger partial charge on any atom is 0.274 e. The number of amides is 1. The third kappa shape index (κ3) is 1.89. The molecule has 0 saturated heterocycles. The van der Waals surface area contributed by atoms with Crippen molar-refractivity contribution in [2.45, 2.75) is 0 Å². The highest BCUT2D eigenvalue weighted by atomic mass is 16.4. The second-order valence-corrected chi connectivity index (χ2v) is 2.99. The standard InChI is InChI=1S/C11H10N2O2/c12-13(10-7-4-8-15-10)11(14)9-5-2-1-3-6-9/h1-8H,12H2. The van der Waals surface area contributed by atoms with Gasteiger partial charge in [-0.2, -0.15) is 0 Å². The van der Waals surface area contributed by atoms with E-state index in [1.165, 1.54) is 6.26 Å². The first-order valence-corrected chi connectivity index (χ1v) is 4.47. The zero-order valence-corrected chi connectivity index (χ0v) is 7.96. The highest BCUT2D eigenvalue weighted by Gasteiger charge is 2.15. The molecule has 2 rings (SSSR count). The number of hydrazine groups is 1. The zero-order valence-electron chi connectivity index (χ0n) is 7.96. The van der Waals surface area contributed by atoms with Crippen LogP contribution >= 0.6 is 0 Å². The van der Waals surface area contributed by atoms with Crippen LogP contribution in [0.3, 0.4) is 0 Å². The molecule has 0 aliphatic rings. The predicted molar refractivity (Wildman–Crippen MR) is 56.1 cm³/mol. The molecular formula is C11H10N2O2. The van der Waals surface area contributed by atoms with Gasteiger partial charge in [-0.1, -0.05) is 18.2 Å². The highest BCUT2D eigenvalue weighted by Crippen LogP contribution is 2.13. The summed E-state index contributed by atoms with van der Waals surface area (Å²) in [6.07, 6.45) is 1.47. The van der Waals surface area contributed by atoms with Gasteiger partial charge in [-0.25, -0.2) is 10.9 Å². The second-order valence-electron chi connectivity index (χ2n) is 2.99. The van der Waals surface area contributed by atoms with Gasteiger partial charge in [0.05, 0.1) is 6.26 Å². The van der Waals surface area contributed by atoms with Crippen LogP contribution in [-0.4, -0.2) is 5.91 Å². The van der Waals surface area contributed by atoms with E-state index in [2.05, 4.69) is 0 Å². The third-order valence-corrected chi connectivity index (χ3v) is 1.98. The summed E-state index contributed by atoms with van der Waals surface area (Å²) in [5, 5.41) is 0.981. The van der Waals surface area contributed by atoms with E-state index in [0.717, 1.165) is 5.01 Å². The summed E-state index contributed by atoms with van der Waals surface area (Å²) >= 11 is 0. The summed E-state index contributed by atoms with van der Waals surface area (Å²) in [5.41, 5.74) is 0.524. The molecule has 1 aromatic carbocycles. The van der Waals surface area contributed by atoms with Crippen molar-refractivity contribution in [3.63, 3.8) is 0 Å². The molecule has 15 heavy (non-hydrogen) atoms. The van der Waals surface area contributed by atoms with E-state index in [9.17, 15) is 4.79 Å².